The van der Waals surface area contributed by atoms with Crippen molar-refractivity contribution in [3.8, 4) is 5.75 Å². The Morgan fingerprint density at radius 2 is 1.72 bits per heavy atom. The monoisotopic (exact) mass is 364 g/mol. The predicted octanol–water partition coefficient (Wildman–Crippen LogP) is 4.16. The minimum absolute atomic E-state index is 0.127. The number of rotatable bonds is 7. The van der Waals surface area contributed by atoms with Gasteiger partial charge in [-0.1, -0.05) is 42.8 Å². The summed E-state index contributed by atoms with van der Waals surface area (Å²) >= 11 is 6.10. The highest BCUT2D eigenvalue weighted by atomic mass is 35.5. The van der Waals surface area contributed by atoms with Crippen LogP contribution in [-0.2, 0) is 23.5 Å². The lowest BCUT2D eigenvalue weighted by atomic mass is 10.1. The van der Waals surface area contributed by atoms with Crippen LogP contribution in [0.1, 0.15) is 45.2 Å². The SMILES string of the molecule is CCCOCc1ccc(COc2c(Cl)cnn(C(C)(C)C)c2=O)cc1. The number of benzene rings is 1. The fourth-order valence-electron chi connectivity index (χ4n) is 2.25. The third-order valence-corrected chi connectivity index (χ3v) is 3.82. The second-order valence-corrected chi connectivity index (χ2v) is 7.27. The van der Waals surface area contributed by atoms with E-state index in [-0.39, 0.29) is 22.9 Å². The van der Waals surface area contributed by atoms with Crippen molar-refractivity contribution in [1.29, 1.82) is 0 Å². The van der Waals surface area contributed by atoms with Crippen molar-refractivity contribution >= 4 is 11.6 Å². The summed E-state index contributed by atoms with van der Waals surface area (Å²) in [5.41, 5.74) is 1.28. The Labute approximate surface area is 153 Å². The molecule has 25 heavy (non-hydrogen) atoms. The van der Waals surface area contributed by atoms with Gasteiger partial charge in [-0.15, -0.1) is 0 Å². The first-order valence-electron chi connectivity index (χ1n) is 8.39. The summed E-state index contributed by atoms with van der Waals surface area (Å²) < 4.78 is 12.6. The Kier molecular flexibility index (Phi) is 6.62. The van der Waals surface area contributed by atoms with Crippen molar-refractivity contribution in [3.63, 3.8) is 0 Å². The molecule has 0 spiro atoms. The molecule has 0 aliphatic carbocycles. The summed E-state index contributed by atoms with van der Waals surface area (Å²) in [7, 11) is 0. The summed E-state index contributed by atoms with van der Waals surface area (Å²) in [6.07, 6.45) is 2.45. The molecule has 0 aliphatic heterocycles. The minimum atomic E-state index is -0.445. The number of hydrogen-bond acceptors (Lipinski definition) is 4. The van der Waals surface area contributed by atoms with Gasteiger partial charge < -0.3 is 9.47 Å². The summed E-state index contributed by atoms with van der Waals surface area (Å²) in [4.78, 5) is 12.5. The highest BCUT2D eigenvalue weighted by Crippen LogP contribution is 2.21. The lowest BCUT2D eigenvalue weighted by Crippen LogP contribution is -2.36. The molecular formula is C19H25ClN2O3. The number of halogens is 1. The van der Waals surface area contributed by atoms with Crippen LogP contribution in [0.3, 0.4) is 0 Å². The van der Waals surface area contributed by atoms with Crippen molar-refractivity contribution in [2.75, 3.05) is 6.61 Å². The summed E-state index contributed by atoms with van der Waals surface area (Å²) in [5.74, 6) is 0.127. The molecule has 0 N–H and O–H groups in total. The molecule has 0 radical (unpaired) electrons. The maximum absolute atomic E-state index is 12.5. The quantitative estimate of drug-likeness (QED) is 0.692. The van der Waals surface area contributed by atoms with Gasteiger partial charge in [-0.25, -0.2) is 4.68 Å². The lowest BCUT2D eigenvalue weighted by molar-refractivity contribution is 0.121. The van der Waals surface area contributed by atoms with E-state index in [0.717, 1.165) is 24.2 Å². The predicted molar refractivity (Wildman–Crippen MR) is 99.2 cm³/mol. The van der Waals surface area contributed by atoms with Gasteiger partial charge in [0, 0.05) is 6.61 Å². The van der Waals surface area contributed by atoms with Crippen LogP contribution in [0.4, 0.5) is 0 Å². The molecule has 0 saturated heterocycles. The molecular weight excluding hydrogens is 340 g/mol. The zero-order valence-electron chi connectivity index (χ0n) is 15.2. The van der Waals surface area contributed by atoms with Crippen LogP contribution in [0.15, 0.2) is 35.3 Å². The van der Waals surface area contributed by atoms with Gasteiger partial charge in [0.15, 0.2) is 0 Å². The number of ether oxygens (including phenoxy) is 2. The average Bonchev–Trinajstić information content (AvgIpc) is 2.55. The Morgan fingerprint density at radius 3 is 2.28 bits per heavy atom. The average molecular weight is 365 g/mol. The third kappa shape index (κ3) is 5.31. The van der Waals surface area contributed by atoms with Crippen molar-refractivity contribution in [1.82, 2.24) is 9.78 Å². The normalized spacial score (nSPS) is 11.6. The third-order valence-electron chi connectivity index (χ3n) is 3.55. The van der Waals surface area contributed by atoms with Crippen LogP contribution in [0.5, 0.6) is 5.75 Å². The number of aromatic nitrogens is 2. The van der Waals surface area contributed by atoms with Crippen molar-refractivity contribution in [3.05, 3.63) is 57.0 Å². The lowest BCUT2D eigenvalue weighted by Gasteiger charge is -2.21. The van der Waals surface area contributed by atoms with Gasteiger partial charge in [0.2, 0.25) is 5.75 Å². The fraction of sp³-hybridized carbons (Fsp3) is 0.474. The zero-order chi connectivity index (χ0) is 18.4. The molecule has 2 aromatic rings. The van der Waals surface area contributed by atoms with Crippen LogP contribution in [0, 0.1) is 0 Å². The maximum Gasteiger partial charge on any atom is 0.311 e. The summed E-state index contributed by atoms with van der Waals surface area (Å²) in [6, 6.07) is 7.91. The highest BCUT2D eigenvalue weighted by Gasteiger charge is 2.20. The van der Waals surface area contributed by atoms with E-state index in [2.05, 4.69) is 12.0 Å². The first-order chi connectivity index (χ1) is 11.8. The Morgan fingerprint density at radius 1 is 1.12 bits per heavy atom. The summed E-state index contributed by atoms with van der Waals surface area (Å²) in [5, 5.41) is 4.31. The van der Waals surface area contributed by atoms with Crippen LogP contribution in [-0.4, -0.2) is 16.4 Å². The molecule has 0 atom stereocenters. The zero-order valence-corrected chi connectivity index (χ0v) is 16.0. The van der Waals surface area contributed by atoms with Gasteiger partial charge in [-0.3, -0.25) is 4.79 Å². The Hall–Kier alpha value is -1.85. The molecule has 1 aromatic carbocycles. The highest BCUT2D eigenvalue weighted by molar-refractivity contribution is 6.31. The van der Waals surface area contributed by atoms with Crippen LogP contribution >= 0.6 is 11.6 Å². The van der Waals surface area contributed by atoms with E-state index in [1.54, 1.807) is 0 Å². The molecule has 136 valence electrons. The first-order valence-corrected chi connectivity index (χ1v) is 8.77. The van der Waals surface area contributed by atoms with Crippen molar-refractivity contribution < 1.29 is 9.47 Å². The Bertz CT molecular complexity index is 749. The van der Waals surface area contributed by atoms with E-state index in [9.17, 15) is 4.79 Å². The molecule has 1 heterocycles. The van der Waals surface area contributed by atoms with Gasteiger partial charge >= 0.3 is 5.56 Å². The minimum Gasteiger partial charge on any atom is -0.482 e. The molecule has 6 heteroatoms. The van der Waals surface area contributed by atoms with Crippen molar-refractivity contribution in [2.24, 2.45) is 0 Å². The molecule has 0 fully saturated rings. The molecule has 5 nitrogen and oxygen atoms in total. The molecule has 0 unspecified atom stereocenters. The molecule has 0 saturated carbocycles. The summed E-state index contributed by atoms with van der Waals surface area (Å²) in [6.45, 7) is 9.40. The van der Waals surface area contributed by atoms with Gasteiger partial charge in [0.1, 0.15) is 11.6 Å². The van der Waals surface area contributed by atoms with Crippen LogP contribution in [0.25, 0.3) is 0 Å². The Balaban J connectivity index is 2.07. The molecule has 0 bridgehead atoms. The van der Waals surface area contributed by atoms with Gasteiger partial charge in [-0.2, -0.15) is 5.10 Å². The smallest absolute Gasteiger partial charge is 0.311 e. The van der Waals surface area contributed by atoms with Gasteiger partial charge in [-0.05, 0) is 38.3 Å². The van der Waals surface area contributed by atoms with E-state index in [4.69, 9.17) is 21.1 Å². The molecule has 1 aromatic heterocycles. The fourth-order valence-corrected chi connectivity index (χ4v) is 2.43. The van der Waals surface area contributed by atoms with Gasteiger partial charge in [0.05, 0.1) is 18.3 Å². The molecule has 0 aliphatic rings. The number of hydrogen-bond donors (Lipinski definition) is 0. The van der Waals surface area contributed by atoms with Crippen molar-refractivity contribution in [2.45, 2.75) is 52.9 Å². The standard InChI is InChI=1S/C19H25ClN2O3/c1-5-10-24-12-14-6-8-15(9-7-14)13-25-17-16(20)11-21-22(18(17)23)19(2,3)4/h6-9,11H,5,10,12-13H2,1-4H3. The second kappa shape index (κ2) is 8.50. The van der Waals surface area contributed by atoms with Crippen LogP contribution in [0.2, 0.25) is 5.02 Å². The largest absolute Gasteiger partial charge is 0.482 e. The number of nitrogens with zero attached hydrogens (tertiary/aromatic N) is 2. The first kappa shape index (κ1) is 19.5. The van der Waals surface area contributed by atoms with Gasteiger partial charge in [0.25, 0.3) is 0 Å². The topological polar surface area (TPSA) is 53.4 Å². The van der Waals surface area contributed by atoms with E-state index in [1.165, 1.54) is 10.9 Å². The van der Waals surface area contributed by atoms with E-state index in [1.807, 2.05) is 45.0 Å². The second-order valence-electron chi connectivity index (χ2n) is 6.87. The van der Waals surface area contributed by atoms with E-state index in [0.29, 0.717) is 6.61 Å². The molecule has 0 amide bonds. The van der Waals surface area contributed by atoms with E-state index >= 15 is 0 Å². The van der Waals surface area contributed by atoms with Crippen LogP contribution < -0.4 is 10.3 Å². The molecule has 2 rings (SSSR count). The van der Waals surface area contributed by atoms with E-state index < -0.39 is 5.54 Å². The maximum atomic E-state index is 12.5.